The van der Waals surface area contributed by atoms with Crippen LogP contribution in [-0.2, 0) is 14.6 Å². The molecule has 0 radical (unpaired) electrons. The number of benzene rings is 2. The van der Waals surface area contributed by atoms with Crippen molar-refractivity contribution in [1.29, 1.82) is 0 Å². The molecule has 1 fully saturated rings. The third kappa shape index (κ3) is 5.18. The Morgan fingerprint density at radius 1 is 1.00 bits per heavy atom. The van der Waals surface area contributed by atoms with E-state index in [0.29, 0.717) is 5.56 Å². The molecule has 156 valence electrons. The van der Waals surface area contributed by atoms with Crippen molar-refractivity contribution in [3.05, 3.63) is 60.2 Å². The molecule has 1 atom stereocenters. The molecular formula is C23H30N2O3S. The first kappa shape index (κ1) is 21.4. The summed E-state index contributed by atoms with van der Waals surface area (Å²) in [6.07, 6.45) is 5.08. The fourth-order valence-corrected chi connectivity index (χ4v) is 5.55. The van der Waals surface area contributed by atoms with Crippen molar-refractivity contribution in [3.63, 3.8) is 0 Å². The molecule has 0 heterocycles. The van der Waals surface area contributed by atoms with E-state index in [0.717, 1.165) is 31.4 Å². The van der Waals surface area contributed by atoms with Crippen LogP contribution in [0.2, 0.25) is 0 Å². The highest BCUT2D eigenvalue weighted by atomic mass is 32.2. The molecule has 1 aliphatic carbocycles. The maximum atomic E-state index is 13.4. The van der Waals surface area contributed by atoms with E-state index in [1.165, 1.54) is 6.42 Å². The zero-order valence-corrected chi connectivity index (χ0v) is 18.0. The van der Waals surface area contributed by atoms with Gasteiger partial charge in [-0.2, -0.15) is 0 Å². The van der Waals surface area contributed by atoms with Crippen LogP contribution < -0.4 is 10.2 Å². The number of nitrogens with one attached hydrogen (secondary N) is 1. The van der Waals surface area contributed by atoms with Crippen LogP contribution in [0.5, 0.6) is 0 Å². The Kier molecular flexibility index (Phi) is 6.96. The van der Waals surface area contributed by atoms with E-state index in [1.807, 2.05) is 43.3 Å². The fraction of sp³-hybridized carbons (Fsp3) is 0.435. The first-order chi connectivity index (χ1) is 13.9. The van der Waals surface area contributed by atoms with Gasteiger partial charge in [0.05, 0.1) is 4.90 Å². The Morgan fingerprint density at radius 2 is 1.62 bits per heavy atom. The molecule has 0 unspecified atom stereocenters. The van der Waals surface area contributed by atoms with Crippen LogP contribution in [-0.4, -0.2) is 35.0 Å². The largest absolute Gasteiger partial charge is 0.378 e. The van der Waals surface area contributed by atoms with Crippen molar-refractivity contribution in [2.45, 2.75) is 42.2 Å². The van der Waals surface area contributed by atoms with Crippen molar-refractivity contribution in [2.24, 2.45) is 5.92 Å². The van der Waals surface area contributed by atoms with E-state index < -0.39 is 15.1 Å². The second-order valence-electron chi connectivity index (χ2n) is 7.91. The molecule has 1 N–H and O–H groups in total. The van der Waals surface area contributed by atoms with Gasteiger partial charge in [-0.05, 0) is 42.7 Å². The van der Waals surface area contributed by atoms with Crippen molar-refractivity contribution in [1.82, 2.24) is 5.32 Å². The highest BCUT2D eigenvalue weighted by Crippen LogP contribution is 2.30. The van der Waals surface area contributed by atoms with Gasteiger partial charge in [0, 0.05) is 32.2 Å². The number of amides is 1. The minimum absolute atomic E-state index is 0.0000497. The Bertz CT molecular complexity index is 903. The van der Waals surface area contributed by atoms with Crippen molar-refractivity contribution < 1.29 is 13.2 Å². The predicted molar refractivity (Wildman–Crippen MR) is 117 cm³/mol. The third-order valence-electron chi connectivity index (χ3n) is 5.67. The van der Waals surface area contributed by atoms with Crippen LogP contribution in [0.15, 0.2) is 59.5 Å². The quantitative estimate of drug-likeness (QED) is 0.745. The molecule has 0 spiro atoms. The molecule has 6 heteroatoms. The van der Waals surface area contributed by atoms with Crippen LogP contribution in [0.4, 0.5) is 5.69 Å². The first-order valence-corrected chi connectivity index (χ1v) is 11.8. The molecule has 2 aromatic carbocycles. The van der Waals surface area contributed by atoms with Crippen LogP contribution >= 0.6 is 0 Å². The number of anilines is 1. The molecule has 0 saturated heterocycles. The highest BCUT2D eigenvalue weighted by molar-refractivity contribution is 7.91. The lowest BCUT2D eigenvalue weighted by Crippen LogP contribution is -2.36. The van der Waals surface area contributed by atoms with Gasteiger partial charge >= 0.3 is 0 Å². The summed E-state index contributed by atoms with van der Waals surface area (Å²) in [6, 6.07) is 16.0. The number of rotatable bonds is 7. The Morgan fingerprint density at radius 3 is 2.21 bits per heavy atom. The minimum Gasteiger partial charge on any atom is -0.378 e. The monoisotopic (exact) mass is 414 g/mol. The summed E-state index contributed by atoms with van der Waals surface area (Å²) in [6.45, 7) is 0.0773. The average molecular weight is 415 g/mol. The number of hydrogen-bond donors (Lipinski definition) is 1. The molecule has 0 aromatic heterocycles. The zero-order valence-electron chi connectivity index (χ0n) is 17.2. The standard InChI is InChI=1S/C23H30N2O3S/c1-25(2)20-15-13-18(14-16-20)22(29(27,28)21-11-7-4-8-12-21)17-24-23(26)19-9-5-3-6-10-19/h4,7-8,11-16,19,22H,3,5-6,9-10,17H2,1-2H3,(H,24,26)/t22-/m1/s1. The zero-order chi connectivity index (χ0) is 20.9. The fourth-order valence-electron chi connectivity index (χ4n) is 3.87. The van der Waals surface area contributed by atoms with Gasteiger partial charge in [-0.3, -0.25) is 4.79 Å². The maximum Gasteiger partial charge on any atom is 0.223 e. The van der Waals surface area contributed by atoms with Crippen molar-refractivity contribution >= 4 is 21.4 Å². The topological polar surface area (TPSA) is 66.5 Å². The van der Waals surface area contributed by atoms with E-state index in [1.54, 1.807) is 30.3 Å². The second-order valence-corrected chi connectivity index (χ2v) is 10.0. The molecule has 1 amide bonds. The van der Waals surface area contributed by atoms with Gasteiger partial charge in [-0.25, -0.2) is 8.42 Å². The Hall–Kier alpha value is -2.34. The van der Waals surface area contributed by atoms with E-state index in [2.05, 4.69) is 5.32 Å². The SMILES string of the molecule is CN(C)c1ccc([C@@H](CNC(=O)C2CCCCC2)S(=O)(=O)c2ccccc2)cc1. The van der Waals surface area contributed by atoms with Gasteiger partial charge in [0.15, 0.2) is 9.84 Å². The average Bonchev–Trinajstić information content (AvgIpc) is 2.75. The summed E-state index contributed by atoms with van der Waals surface area (Å²) in [7, 11) is 0.242. The van der Waals surface area contributed by atoms with E-state index in [-0.39, 0.29) is 23.3 Å². The van der Waals surface area contributed by atoms with Crippen LogP contribution in [0.25, 0.3) is 0 Å². The number of carbonyl (C=O) groups excluding carboxylic acids is 1. The lowest BCUT2D eigenvalue weighted by Gasteiger charge is -2.24. The van der Waals surface area contributed by atoms with E-state index in [9.17, 15) is 13.2 Å². The van der Waals surface area contributed by atoms with Crippen LogP contribution in [0, 0.1) is 5.92 Å². The van der Waals surface area contributed by atoms with Gasteiger partial charge in [-0.15, -0.1) is 0 Å². The summed E-state index contributed by atoms with van der Waals surface area (Å²) >= 11 is 0. The highest BCUT2D eigenvalue weighted by Gasteiger charge is 2.30. The number of hydrogen-bond acceptors (Lipinski definition) is 4. The molecule has 0 aliphatic heterocycles. The molecule has 1 saturated carbocycles. The summed E-state index contributed by atoms with van der Waals surface area (Å²) in [5.41, 5.74) is 1.68. The summed E-state index contributed by atoms with van der Waals surface area (Å²) < 4.78 is 26.8. The lowest BCUT2D eigenvalue weighted by atomic mass is 9.88. The van der Waals surface area contributed by atoms with Gasteiger partial charge in [0.25, 0.3) is 0 Å². The van der Waals surface area contributed by atoms with Gasteiger partial charge in [0.2, 0.25) is 5.91 Å². The lowest BCUT2D eigenvalue weighted by molar-refractivity contribution is -0.125. The third-order valence-corrected chi connectivity index (χ3v) is 7.78. The summed E-state index contributed by atoms with van der Waals surface area (Å²) in [5.74, 6) is -0.0252. The molecule has 3 rings (SSSR count). The molecule has 1 aliphatic rings. The Labute approximate surface area is 174 Å². The molecule has 2 aromatic rings. The van der Waals surface area contributed by atoms with Crippen LogP contribution in [0.3, 0.4) is 0 Å². The second kappa shape index (κ2) is 9.44. The molecule has 29 heavy (non-hydrogen) atoms. The smallest absolute Gasteiger partial charge is 0.223 e. The Balaban J connectivity index is 1.86. The maximum absolute atomic E-state index is 13.4. The van der Waals surface area contributed by atoms with Gasteiger partial charge in [-0.1, -0.05) is 49.6 Å². The van der Waals surface area contributed by atoms with Crippen molar-refractivity contribution in [2.75, 3.05) is 25.5 Å². The summed E-state index contributed by atoms with van der Waals surface area (Å²) in [5, 5.41) is 2.11. The predicted octanol–water partition coefficient (Wildman–Crippen LogP) is 3.96. The molecule has 5 nitrogen and oxygen atoms in total. The van der Waals surface area contributed by atoms with Gasteiger partial charge < -0.3 is 10.2 Å². The number of carbonyl (C=O) groups is 1. The van der Waals surface area contributed by atoms with Crippen LogP contribution in [0.1, 0.15) is 42.9 Å². The van der Waals surface area contributed by atoms with Gasteiger partial charge in [0.1, 0.15) is 5.25 Å². The number of nitrogens with zero attached hydrogens (tertiary/aromatic N) is 1. The van der Waals surface area contributed by atoms with E-state index >= 15 is 0 Å². The molecular weight excluding hydrogens is 384 g/mol. The van der Waals surface area contributed by atoms with Crippen molar-refractivity contribution in [3.8, 4) is 0 Å². The number of sulfone groups is 1. The first-order valence-electron chi connectivity index (χ1n) is 10.2. The minimum atomic E-state index is -3.64. The normalized spacial score (nSPS) is 16.2. The van der Waals surface area contributed by atoms with E-state index in [4.69, 9.17) is 0 Å². The summed E-state index contributed by atoms with van der Waals surface area (Å²) in [4.78, 5) is 14.9. The molecule has 0 bridgehead atoms.